The number of aliphatic hydroxyl groups is 1. The van der Waals surface area contributed by atoms with Crippen molar-refractivity contribution in [2.45, 2.75) is 26.0 Å². The van der Waals surface area contributed by atoms with Gasteiger partial charge < -0.3 is 29.1 Å². The Balaban J connectivity index is 1.58. The zero-order valence-corrected chi connectivity index (χ0v) is 22.3. The van der Waals surface area contributed by atoms with Gasteiger partial charge in [0, 0.05) is 19.2 Å². The van der Waals surface area contributed by atoms with Gasteiger partial charge in [0.15, 0.2) is 11.5 Å². The molecule has 2 heterocycles. The average Bonchev–Trinajstić information content (AvgIpc) is 3.21. The van der Waals surface area contributed by atoms with Crippen LogP contribution < -0.4 is 19.1 Å². The number of benzene rings is 3. The van der Waals surface area contributed by atoms with Gasteiger partial charge in [-0.05, 0) is 47.9 Å². The van der Waals surface area contributed by atoms with E-state index in [0.717, 1.165) is 11.3 Å². The number of amides is 1. The molecule has 0 aliphatic carbocycles. The molecule has 1 N–H and O–H groups in total. The minimum absolute atomic E-state index is 0.0481. The number of rotatable bonds is 8. The monoisotopic (exact) mass is 528 g/mol. The molecular weight excluding hydrogens is 496 g/mol. The van der Waals surface area contributed by atoms with Gasteiger partial charge in [-0.2, -0.15) is 0 Å². The first-order valence-corrected chi connectivity index (χ1v) is 13.0. The first kappa shape index (κ1) is 26.2. The molecule has 8 nitrogen and oxygen atoms in total. The van der Waals surface area contributed by atoms with Crippen molar-refractivity contribution < 1.29 is 28.9 Å². The number of likely N-dealkylation sites (N-methyl/N-ethyl adjacent to an activating group) is 1. The zero-order valence-electron chi connectivity index (χ0n) is 22.3. The third-order valence-electron chi connectivity index (χ3n) is 7.07. The molecule has 0 aromatic heterocycles. The fourth-order valence-electron chi connectivity index (χ4n) is 5.06. The molecule has 1 unspecified atom stereocenters. The standard InChI is InChI=1S/C31H32N2O6/c1-4-14-33-28(21-10-13-25(37-3)26(18-21)39-19-20-8-6-5-7-9-20)27(30(35)31(33)36)29(34)22-11-12-24-23(17-22)32(2)15-16-38-24/h5-13,17-18,28,34H,4,14-16,19H2,1-3H3/b29-27+. The summed E-state index contributed by atoms with van der Waals surface area (Å²) in [6.07, 6.45) is 0.651. The van der Waals surface area contributed by atoms with Crippen LogP contribution in [0.1, 0.15) is 36.1 Å². The molecule has 0 saturated carbocycles. The second-order valence-corrected chi connectivity index (χ2v) is 9.63. The van der Waals surface area contributed by atoms with Crippen molar-refractivity contribution >= 4 is 23.1 Å². The number of methoxy groups -OCH3 is 1. The molecule has 2 aliphatic heterocycles. The number of hydrogen-bond donors (Lipinski definition) is 1. The highest BCUT2D eigenvalue weighted by atomic mass is 16.5. The third kappa shape index (κ3) is 5.02. The Hall–Kier alpha value is -4.46. The second kappa shape index (κ2) is 11.1. The lowest BCUT2D eigenvalue weighted by atomic mass is 9.94. The fourth-order valence-corrected chi connectivity index (χ4v) is 5.06. The Morgan fingerprint density at radius 3 is 2.59 bits per heavy atom. The number of anilines is 1. The van der Waals surface area contributed by atoms with Crippen molar-refractivity contribution in [3.8, 4) is 17.2 Å². The summed E-state index contributed by atoms with van der Waals surface area (Å²) in [7, 11) is 3.50. The van der Waals surface area contributed by atoms with Gasteiger partial charge in [0.1, 0.15) is 24.7 Å². The van der Waals surface area contributed by atoms with Crippen LogP contribution in [-0.2, 0) is 16.2 Å². The molecule has 2 aliphatic rings. The SMILES string of the molecule is CCCN1C(=O)C(=O)/C(=C(/O)c2ccc3c(c2)N(C)CCO3)C1c1ccc(OC)c(OCc2ccccc2)c1. The van der Waals surface area contributed by atoms with E-state index in [1.165, 1.54) is 4.90 Å². The number of likely N-dealkylation sites (tertiary alicyclic amines) is 1. The summed E-state index contributed by atoms with van der Waals surface area (Å²) < 4.78 is 17.4. The maximum absolute atomic E-state index is 13.4. The Morgan fingerprint density at radius 1 is 1.05 bits per heavy atom. The largest absolute Gasteiger partial charge is 0.507 e. The molecular formula is C31H32N2O6. The maximum atomic E-state index is 13.4. The van der Waals surface area contributed by atoms with Gasteiger partial charge in [0.2, 0.25) is 0 Å². The molecule has 8 heteroatoms. The van der Waals surface area contributed by atoms with E-state index in [9.17, 15) is 14.7 Å². The Morgan fingerprint density at radius 2 is 1.85 bits per heavy atom. The normalized spacial score (nSPS) is 18.1. The lowest BCUT2D eigenvalue weighted by Gasteiger charge is -2.28. The third-order valence-corrected chi connectivity index (χ3v) is 7.07. The zero-order chi connectivity index (χ0) is 27.5. The number of Topliss-reactive ketones (excluding diaryl/α,β-unsaturated/α-hetero) is 1. The number of ether oxygens (including phenoxy) is 3. The minimum Gasteiger partial charge on any atom is -0.507 e. The van der Waals surface area contributed by atoms with E-state index >= 15 is 0 Å². The molecule has 1 saturated heterocycles. The van der Waals surface area contributed by atoms with Gasteiger partial charge in [0.05, 0.1) is 31.0 Å². The fraction of sp³-hybridized carbons (Fsp3) is 0.290. The summed E-state index contributed by atoms with van der Waals surface area (Å²) in [6, 6.07) is 19.6. The van der Waals surface area contributed by atoms with Crippen LogP contribution in [0.25, 0.3) is 5.76 Å². The summed E-state index contributed by atoms with van der Waals surface area (Å²) in [5.74, 6) is 0.147. The highest BCUT2D eigenvalue weighted by molar-refractivity contribution is 6.46. The molecule has 1 atom stereocenters. The van der Waals surface area contributed by atoms with Gasteiger partial charge in [-0.25, -0.2) is 0 Å². The maximum Gasteiger partial charge on any atom is 0.295 e. The van der Waals surface area contributed by atoms with Crippen molar-refractivity contribution in [2.24, 2.45) is 0 Å². The molecule has 1 amide bonds. The van der Waals surface area contributed by atoms with Crippen LogP contribution in [-0.4, -0.2) is 55.6 Å². The number of aliphatic hydroxyl groups excluding tert-OH is 1. The van der Waals surface area contributed by atoms with Crippen LogP contribution in [0.15, 0.2) is 72.3 Å². The topological polar surface area (TPSA) is 88.5 Å². The number of carbonyl (C=O) groups excluding carboxylic acids is 2. The second-order valence-electron chi connectivity index (χ2n) is 9.63. The van der Waals surface area contributed by atoms with Gasteiger partial charge >= 0.3 is 0 Å². The summed E-state index contributed by atoms with van der Waals surface area (Å²) in [5, 5.41) is 11.5. The molecule has 3 aromatic rings. The summed E-state index contributed by atoms with van der Waals surface area (Å²) in [5.41, 5.74) is 2.94. The molecule has 1 fully saturated rings. The lowest BCUT2D eigenvalue weighted by Crippen LogP contribution is -2.30. The number of hydrogen-bond acceptors (Lipinski definition) is 7. The van der Waals surface area contributed by atoms with Crippen LogP contribution in [0.3, 0.4) is 0 Å². The van der Waals surface area contributed by atoms with E-state index in [1.807, 2.05) is 49.2 Å². The number of carbonyl (C=O) groups is 2. The number of ketones is 1. The van der Waals surface area contributed by atoms with E-state index in [1.54, 1.807) is 43.5 Å². The van der Waals surface area contributed by atoms with Gasteiger partial charge in [-0.3, -0.25) is 9.59 Å². The predicted octanol–water partition coefficient (Wildman–Crippen LogP) is 4.93. The molecule has 5 rings (SSSR count). The smallest absolute Gasteiger partial charge is 0.295 e. The average molecular weight is 529 g/mol. The molecule has 0 bridgehead atoms. The lowest BCUT2D eigenvalue weighted by molar-refractivity contribution is -0.139. The quantitative estimate of drug-likeness (QED) is 0.252. The first-order chi connectivity index (χ1) is 18.9. The van der Waals surface area contributed by atoms with Crippen molar-refractivity contribution in [1.82, 2.24) is 4.90 Å². The Kier molecular flexibility index (Phi) is 7.45. The van der Waals surface area contributed by atoms with Crippen LogP contribution in [0.5, 0.6) is 17.2 Å². The summed E-state index contributed by atoms with van der Waals surface area (Å²) in [4.78, 5) is 30.1. The van der Waals surface area contributed by atoms with Gasteiger partial charge in [-0.1, -0.05) is 43.3 Å². The van der Waals surface area contributed by atoms with E-state index in [0.29, 0.717) is 61.1 Å². The van der Waals surface area contributed by atoms with E-state index in [-0.39, 0.29) is 11.3 Å². The van der Waals surface area contributed by atoms with E-state index in [2.05, 4.69) is 0 Å². The van der Waals surface area contributed by atoms with Crippen molar-refractivity contribution in [2.75, 3.05) is 38.8 Å². The number of nitrogens with zero attached hydrogens (tertiary/aromatic N) is 2. The van der Waals surface area contributed by atoms with Crippen molar-refractivity contribution in [3.63, 3.8) is 0 Å². The molecule has 0 spiro atoms. The summed E-state index contributed by atoms with van der Waals surface area (Å²) >= 11 is 0. The van der Waals surface area contributed by atoms with Crippen LogP contribution in [0, 0.1) is 0 Å². The molecule has 39 heavy (non-hydrogen) atoms. The van der Waals surface area contributed by atoms with Gasteiger partial charge in [0.25, 0.3) is 11.7 Å². The van der Waals surface area contributed by atoms with E-state index in [4.69, 9.17) is 14.2 Å². The Bertz CT molecular complexity index is 1420. The van der Waals surface area contributed by atoms with Crippen molar-refractivity contribution in [1.29, 1.82) is 0 Å². The van der Waals surface area contributed by atoms with Crippen LogP contribution >= 0.6 is 0 Å². The van der Waals surface area contributed by atoms with E-state index < -0.39 is 17.7 Å². The molecule has 202 valence electrons. The predicted molar refractivity (Wildman–Crippen MR) is 148 cm³/mol. The molecule has 0 radical (unpaired) electrons. The highest BCUT2D eigenvalue weighted by Gasteiger charge is 2.46. The van der Waals surface area contributed by atoms with Crippen molar-refractivity contribution in [3.05, 3.63) is 89.0 Å². The number of fused-ring (bicyclic) bond motifs is 1. The summed E-state index contributed by atoms with van der Waals surface area (Å²) in [6.45, 7) is 3.90. The highest BCUT2D eigenvalue weighted by Crippen LogP contribution is 2.43. The minimum atomic E-state index is -0.778. The molecule has 3 aromatic carbocycles. The Labute approximate surface area is 228 Å². The first-order valence-electron chi connectivity index (χ1n) is 13.0. The van der Waals surface area contributed by atoms with Gasteiger partial charge in [-0.15, -0.1) is 0 Å². The van der Waals surface area contributed by atoms with Crippen LogP contribution in [0.4, 0.5) is 5.69 Å². The van der Waals surface area contributed by atoms with Crippen LogP contribution in [0.2, 0.25) is 0 Å².